The Morgan fingerprint density at radius 3 is 2.94 bits per heavy atom. The van der Waals surface area contributed by atoms with Crippen molar-refractivity contribution in [2.45, 2.75) is 13.3 Å². The van der Waals surface area contributed by atoms with E-state index in [-0.39, 0.29) is 11.8 Å². The number of thiophene rings is 1. The summed E-state index contributed by atoms with van der Waals surface area (Å²) in [5.41, 5.74) is 1.07. The Morgan fingerprint density at radius 1 is 1.53 bits per heavy atom. The smallest absolute Gasteiger partial charge is 0.264 e. The molecular weight excluding hydrogens is 304 g/mol. The Morgan fingerprint density at radius 2 is 2.29 bits per heavy atom. The third kappa shape index (κ3) is 2.87. The number of aryl methyl sites for hydroxylation is 1. The lowest BCUT2D eigenvalue weighted by Gasteiger charge is -2.18. The third-order valence-corrected chi connectivity index (χ3v) is 4.79. The van der Waals surface area contributed by atoms with Crippen LogP contribution in [-0.4, -0.2) is 36.3 Å². The molecule has 0 aliphatic carbocycles. The minimum Gasteiger partial charge on any atom is -0.354 e. The maximum absolute atomic E-state index is 12.2. The van der Waals surface area contributed by atoms with Crippen molar-refractivity contribution in [2.75, 3.05) is 19.6 Å². The van der Waals surface area contributed by atoms with Gasteiger partial charge >= 0.3 is 0 Å². The van der Waals surface area contributed by atoms with E-state index >= 15 is 0 Å². The maximum Gasteiger partial charge on any atom is 0.264 e. The van der Waals surface area contributed by atoms with E-state index in [4.69, 9.17) is 0 Å². The Labute approximate surface area is 112 Å². The number of halogens is 1. The van der Waals surface area contributed by atoms with E-state index < -0.39 is 0 Å². The number of amides is 2. The van der Waals surface area contributed by atoms with Crippen molar-refractivity contribution in [1.29, 1.82) is 0 Å². The summed E-state index contributed by atoms with van der Waals surface area (Å²) in [6, 6.07) is 1.89. The molecule has 1 fully saturated rings. The minimum absolute atomic E-state index is 0.0142. The molecule has 0 radical (unpaired) electrons. The van der Waals surface area contributed by atoms with Gasteiger partial charge in [0.15, 0.2) is 0 Å². The van der Waals surface area contributed by atoms with Crippen LogP contribution in [0.2, 0.25) is 0 Å². The zero-order valence-electron chi connectivity index (χ0n) is 9.46. The molecule has 1 saturated heterocycles. The van der Waals surface area contributed by atoms with E-state index in [0.29, 0.717) is 26.1 Å². The van der Waals surface area contributed by atoms with Crippen LogP contribution in [0.4, 0.5) is 0 Å². The SMILES string of the molecule is Cc1cc(C(=O)N2CCNC(=O)CC2)sc1Br. The molecule has 4 nitrogen and oxygen atoms in total. The molecule has 0 unspecified atom stereocenters. The van der Waals surface area contributed by atoms with Gasteiger partial charge in [0.1, 0.15) is 0 Å². The van der Waals surface area contributed by atoms with Gasteiger partial charge in [-0.25, -0.2) is 0 Å². The van der Waals surface area contributed by atoms with Crippen molar-refractivity contribution >= 4 is 39.1 Å². The van der Waals surface area contributed by atoms with Gasteiger partial charge in [-0.2, -0.15) is 0 Å². The molecule has 0 saturated carbocycles. The highest BCUT2D eigenvalue weighted by molar-refractivity contribution is 9.11. The third-order valence-electron chi connectivity index (χ3n) is 2.67. The second kappa shape index (κ2) is 5.18. The van der Waals surface area contributed by atoms with Crippen molar-refractivity contribution < 1.29 is 9.59 Å². The predicted octanol–water partition coefficient (Wildman–Crippen LogP) is 1.78. The van der Waals surface area contributed by atoms with Crippen molar-refractivity contribution in [3.63, 3.8) is 0 Å². The fraction of sp³-hybridized carbons (Fsp3) is 0.455. The van der Waals surface area contributed by atoms with E-state index in [2.05, 4.69) is 21.2 Å². The van der Waals surface area contributed by atoms with Gasteiger partial charge < -0.3 is 10.2 Å². The highest BCUT2D eigenvalue weighted by Gasteiger charge is 2.21. The topological polar surface area (TPSA) is 49.4 Å². The second-order valence-electron chi connectivity index (χ2n) is 3.96. The lowest BCUT2D eigenvalue weighted by molar-refractivity contribution is -0.120. The molecule has 6 heteroatoms. The molecule has 0 bridgehead atoms. The molecule has 1 aliphatic heterocycles. The van der Waals surface area contributed by atoms with E-state index in [1.807, 2.05) is 13.0 Å². The molecule has 1 aromatic rings. The van der Waals surface area contributed by atoms with Crippen LogP contribution < -0.4 is 5.32 Å². The summed E-state index contributed by atoms with van der Waals surface area (Å²) in [4.78, 5) is 25.9. The molecule has 0 spiro atoms. The molecule has 0 atom stereocenters. The average Bonchev–Trinajstić information content (AvgIpc) is 2.51. The number of nitrogens with one attached hydrogen (secondary N) is 1. The van der Waals surface area contributed by atoms with Crippen LogP contribution in [0, 0.1) is 6.92 Å². The van der Waals surface area contributed by atoms with Gasteiger partial charge in [-0.1, -0.05) is 0 Å². The highest BCUT2D eigenvalue weighted by atomic mass is 79.9. The minimum atomic E-state index is 0.0142. The maximum atomic E-state index is 12.2. The van der Waals surface area contributed by atoms with Gasteiger partial charge in [0.2, 0.25) is 5.91 Å². The summed E-state index contributed by atoms with van der Waals surface area (Å²) >= 11 is 4.86. The van der Waals surface area contributed by atoms with Crippen LogP contribution in [-0.2, 0) is 4.79 Å². The van der Waals surface area contributed by atoms with Crippen LogP contribution in [0.1, 0.15) is 21.7 Å². The van der Waals surface area contributed by atoms with Gasteiger partial charge in [-0.15, -0.1) is 11.3 Å². The molecule has 92 valence electrons. The molecule has 1 N–H and O–H groups in total. The lowest BCUT2D eigenvalue weighted by atomic mass is 10.3. The summed E-state index contributed by atoms with van der Waals surface area (Å²) in [7, 11) is 0. The van der Waals surface area contributed by atoms with Crippen LogP contribution in [0.5, 0.6) is 0 Å². The average molecular weight is 317 g/mol. The monoisotopic (exact) mass is 316 g/mol. The molecule has 2 rings (SSSR count). The number of carbonyl (C=O) groups is 2. The van der Waals surface area contributed by atoms with Gasteiger partial charge in [0.25, 0.3) is 5.91 Å². The molecule has 17 heavy (non-hydrogen) atoms. The summed E-state index contributed by atoms with van der Waals surface area (Å²) < 4.78 is 0.991. The standard InChI is InChI=1S/C11H13BrN2O2S/c1-7-6-8(17-10(7)12)11(16)14-4-2-9(15)13-3-5-14/h6H,2-5H2,1H3,(H,13,15). The van der Waals surface area contributed by atoms with Gasteiger partial charge in [-0.3, -0.25) is 9.59 Å². The van der Waals surface area contributed by atoms with Crippen LogP contribution in [0.3, 0.4) is 0 Å². The number of hydrogen-bond acceptors (Lipinski definition) is 3. The van der Waals surface area contributed by atoms with Crippen LogP contribution in [0.25, 0.3) is 0 Å². The normalized spacial score (nSPS) is 16.6. The largest absolute Gasteiger partial charge is 0.354 e. The number of hydrogen-bond donors (Lipinski definition) is 1. The molecular formula is C11H13BrN2O2S. The van der Waals surface area contributed by atoms with Crippen molar-refractivity contribution in [1.82, 2.24) is 10.2 Å². The first-order chi connectivity index (χ1) is 8.08. The molecule has 2 heterocycles. The van der Waals surface area contributed by atoms with Gasteiger partial charge in [0.05, 0.1) is 8.66 Å². The fourth-order valence-corrected chi connectivity index (χ4v) is 3.19. The summed E-state index contributed by atoms with van der Waals surface area (Å²) in [5, 5.41) is 2.76. The lowest BCUT2D eigenvalue weighted by Crippen LogP contribution is -2.33. The van der Waals surface area contributed by atoms with Crippen LogP contribution >= 0.6 is 27.3 Å². The highest BCUT2D eigenvalue weighted by Crippen LogP contribution is 2.28. The number of carbonyl (C=O) groups excluding carboxylic acids is 2. The van der Waals surface area contributed by atoms with Crippen molar-refractivity contribution in [2.24, 2.45) is 0 Å². The first-order valence-electron chi connectivity index (χ1n) is 5.40. The van der Waals surface area contributed by atoms with E-state index in [1.165, 1.54) is 11.3 Å². The zero-order chi connectivity index (χ0) is 12.4. The van der Waals surface area contributed by atoms with Gasteiger partial charge in [-0.05, 0) is 34.5 Å². The second-order valence-corrected chi connectivity index (χ2v) is 6.33. The summed E-state index contributed by atoms with van der Waals surface area (Å²) in [6.07, 6.45) is 0.386. The molecule has 1 aliphatic rings. The Hall–Kier alpha value is -0.880. The van der Waals surface area contributed by atoms with Gasteiger partial charge in [0, 0.05) is 26.1 Å². The van der Waals surface area contributed by atoms with Crippen LogP contribution in [0.15, 0.2) is 9.85 Å². The fourth-order valence-electron chi connectivity index (χ4n) is 1.69. The summed E-state index contributed by atoms with van der Waals surface area (Å²) in [6.45, 7) is 3.58. The van der Waals surface area contributed by atoms with E-state index in [0.717, 1.165) is 14.2 Å². The van der Waals surface area contributed by atoms with E-state index in [9.17, 15) is 9.59 Å². The number of rotatable bonds is 1. The van der Waals surface area contributed by atoms with E-state index in [1.54, 1.807) is 4.90 Å². The Bertz CT molecular complexity index is 439. The Kier molecular flexibility index (Phi) is 3.83. The molecule has 0 aromatic carbocycles. The quantitative estimate of drug-likeness (QED) is 0.858. The zero-order valence-corrected chi connectivity index (χ0v) is 11.9. The van der Waals surface area contributed by atoms with Crippen molar-refractivity contribution in [3.8, 4) is 0 Å². The Balaban J connectivity index is 2.11. The molecule has 2 amide bonds. The molecule has 1 aromatic heterocycles. The van der Waals surface area contributed by atoms with Crippen molar-refractivity contribution in [3.05, 3.63) is 20.3 Å². The predicted molar refractivity (Wildman–Crippen MR) is 70.3 cm³/mol. The first-order valence-corrected chi connectivity index (χ1v) is 7.01. The summed E-state index contributed by atoms with van der Waals surface area (Å²) in [5.74, 6) is 0.0316. The number of nitrogens with zero attached hydrogens (tertiary/aromatic N) is 1. The first kappa shape index (κ1) is 12.6.